The first-order valence-corrected chi connectivity index (χ1v) is 8.78. The minimum atomic E-state index is -0.947. The van der Waals surface area contributed by atoms with Crippen molar-refractivity contribution in [2.24, 2.45) is 11.3 Å². The van der Waals surface area contributed by atoms with Crippen LogP contribution in [-0.2, 0) is 4.79 Å². The Balaban J connectivity index is 2.12. The van der Waals surface area contributed by atoms with Crippen LogP contribution in [-0.4, -0.2) is 37.2 Å². The molecule has 0 bridgehead atoms. The van der Waals surface area contributed by atoms with Crippen LogP contribution < -0.4 is 14.8 Å². The molecule has 138 valence electrons. The number of nitrogens with one attached hydrogen (secondary N) is 1. The maximum Gasteiger partial charge on any atom is 0.311 e. The molecule has 0 aromatic heterocycles. The fraction of sp³-hybridized carbons (Fsp3) is 0.579. The van der Waals surface area contributed by atoms with Crippen LogP contribution in [0.2, 0.25) is 0 Å². The average Bonchev–Trinajstić information content (AvgIpc) is 3.45. The minimum Gasteiger partial charge on any atom is -0.497 e. The van der Waals surface area contributed by atoms with Gasteiger partial charge in [0.25, 0.3) is 5.91 Å². The molecule has 1 aromatic rings. The Labute approximate surface area is 148 Å². The van der Waals surface area contributed by atoms with E-state index in [-0.39, 0.29) is 12.5 Å². The van der Waals surface area contributed by atoms with Gasteiger partial charge in [-0.15, -0.1) is 0 Å². The first-order chi connectivity index (χ1) is 12.0. The molecular formula is C19H27NO5. The van der Waals surface area contributed by atoms with Crippen molar-refractivity contribution in [3.63, 3.8) is 0 Å². The fourth-order valence-corrected chi connectivity index (χ4v) is 2.65. The highest BCUT2D eigenvalue weighted by atomic mass is 16.5. The van der Waals surface area contributed by atoms with Crippen LogP contribution in [0.15, 0.2) is 18.2 Å². The third-order valence-electron chi connectivity index (χ3n) is 5.00. The smallest absolute Gasteiger partial charge is 0.311 e. The standard InChI is InChI=1S/C19H27NO5/c1-4-19(5-2,18(22)23)12-20-17(21)15-9-8-14(24-3)10-16(15)25-11-13-6-7-13/h8-10,13H,4-7,11-12H2,1-3H3,(H,20,21)(H,22,23). The first kappa shape index (κ1) is 19.1. The normalized spacial score (nSPS) is 14.0. The molecule has 2 rings (SSSR count). The van der Waals surface area contributed by atoms with Crippen LogP contribution in [0.1, 0.15) is 49.9 Å². The van der Waals surface area contributed by atoms with E-state index in [9.17, 15) is 14.7 Å². The molecule has 1 fully saturated rings. The Bertz CT molecular complexity index is 620. The van der Waals surface area contributed by atoms with E-state index in [2.05, 4.69) is 5.32 Å². The second-order valence-electron chi connectivity index (χ2n) is 6.59. The quantitative estimate of drug-likeness (QED) is 0.678. The molecule has 25 heavy (non-hydrogen) atoms. The molecule has 6 nitrogen and oxygen atoms in total. The number of hydrogen-bond acceptors (Lipinski definition) is 4. The average molecular weight is 349 g/mol. The van der Waals surface area contributed by atoms with Gasteiger partial charge in [-0.3, -0.25) is 9.59 Å². The van der Waals surface area contributed by atoms with E-state index in [1.807, 2.05) is 13.8 Å². The number of carbonyl (C=O) groups is 2. The van der Waals surface area contributed by atoms with Crippen LogP contribution in [0.5, 0.6) is 11.5 Å². The van der Waals surface area contributed by atoms with E-state index >= 15 is 0 Å². The van der Waals surface area contributed by atoms with Crippen molar-refractivity contribution in [3.8, 4) is 11.5 Å². The zero-order valence-corrected chi connectivity index (χ0v) is 15.1. The van der Waals surface area contributed by atoms with Crippen LogP contribution in [0, 0.1) is 11.3 Å². The summed E-state index contributed by atoms with van der Waals surface area (Å²) in [4.78, 5) is 24.2. The Kier molecular flexibility index (Phi) is 6.28. The largest absolute Gasteiger partial charge is 0.497 e. The van der Waals surface area contributed by atoms with Crippen molar-refractivity contribution >= 4 is 11.9 Å². The Morgan fingerprint density at radius 2 is 1.96 bits per heavy atom. The number of rotatable bonds is 10. The molecule has 1 amide bonds. The van der Waals surface area contributed by atoms with Gasteiger partial charge in [0.1, 0.15) is 11.5 Å². The molecule has 6 heteroatoms. The highest BCUT2D eigenvalue weighted by Crippen LogP contribution is 2.32. The van der Waals surface area contributed by atoms with E-state index in [0.717, 1.165) is 12.8 Å². The van der Waals surface area contributed by atoms with Gasteiger partial charge in [0.2, 0.25) is 0 Å². The van der Waals surface area contributed by atoms with Crippen molar-refractivity contribution in [3.05, 3.63) is 23.8 Å². The van der Waals surface area contributed by atoms with Gasteiger partial charge in [0, 0.05) is 12.6 Å². The monoisotopic (exact) mass is 349 g/mol. The molecule has 0 atom stereocenters. The molecule has 0 saturated heterocycles. The summed E-state index contributed by atoms with van der Waals surface area (Å²) in [6.45, 7) is 4.31. The van der Waals surface area contributed by atoms with Gasteiger partial charge >= 0.3 is 5.97 Å². The lowest BCUT2D eigenvalue weighted by Crippen LogP contribution is -2.42. The van der Waals surface area contributed by atoms with Crippen LogP contribution >= 0.6 is 0 Å². The van der Waals surface area contributed by atoms with E-state index in [1.165, 1.54) is 0 Å². The SMILES string of the molecule is CCC(CC)(CNC(=O)c1ccc(OC)cc1OCC1CC1)C(=O)O. The Hall–Kier alpha value is -2.24. The lowest BCUT2D eigenvalue weighted by molar-refractivity contribution is -0.149. The van der Waals surface area contributed by atoms with Crippen molar-refractivity contribution in [1.82, 2.24) is 5.32 Å². The van der Waals surface area contributed by atoms with Crippen molar-refractivity contribution in [2.75, 3.05) is 20.3 Å². The van der Waals surface area contributed by atoms with Gasteiger partial charge in [-0.2, -0.15) is 0 Å². The summed E-state index contributed by atoms with van der Waals surface area (Å²) in [5.41, 5.74) is -0.551. The highest BCUT2D eigenvalue weighted by Gasteiger charge is 2.35. The number of ether oxygens (including phenoxy) is 2. The van der Waals surface area contributed by atoms with E-state index in [4.69, 9.17) is 9.47 Å². The lowest BCUT2D eigenvalue weighted by atomic mass is 9.82. The van der Waals surface area contributed by atoms with Gasteiger partial charge in [-0.05, 0) is 43.7 Å². The summed E-state index contributed by atoms with van der Waals surface area (Å²) >= 11 is 0. The molecule has 1 saturated carbocycles. The summed E-state index contributed by atoms with van der Waals surface area (Å²) in [6, 6.07) is 5.04. The zero-order chi connectivity index (χ0) is 18.4. The maximum absolute atomic E-state index is 12.6. The number of hydrogen-bond donors (Lipinski definition) is 2. The van der Waals surface area contributed by atoms with Gasteiger partial charge < -0.3 is 19.9 Å². The number of methoxy groups -OCH3 is 1. The van der Waals surface area contributed by atoms with Crippen molar-refractivity contribution in [1.29, 1.82) is 0 Å². The summed E-state index contributed by atoms with van der Waals surface area (Å²) < 4.78 is 11.0. The van der Waals surface area contributed by atoms with Gasteiger partial charge in [-0.1, -0.05) is 13.8 Å². The number of aliphatic carboxylic acids is 1. The number of benzene rings is 1. The molecule has 0 heterocycles. The number of carboxylic acid groups (broad SMARTS) is 1. The van der Waals surface area contributed by atoms with E-state index in [0.29, 0.717) is 42.4 Å². The van der Waals surface area contributed by atoms with Crippen LogP contribution in [0.25, 0.3) is 0 Å². The van der Waals surface area contributed by atoms with E-state index < -0.39 is 11.4 Å². The summed E-state index contributed by atoms with van der Waals surface area (Å²) in [5, 5.41) is 12.3. The molecular weight excluding hydrogens is 322 g/mol. The van der Waals surface area contributed by atoms with E-state index in [1.54, 1.807) is 25.3 Å². The maximum atomic E-state index is 12.6. The summed E-state index contributed by atoms with van der Waals surface area (Å²) in [7, 11) is 1.56. The number of carbonyl (C=O) groups excluding carboxylic acids is 1. The predicted molar refractivity (Wildman–Crippen MR) is 94.2 cm³/mol. The lowest BCUT2D eigenvalue weighted by Gasteiger charge is -2.27. The fourth-order valence-electron chi connectivity index (χ4n) is 2.65. The zero-order valence-electron chi connectivity index (χ0n) is 15.1. The van der Waals surface area contributed by atoms with Crippen molar-refractivity contribution < 1.29 is 24.2 Å². The molecule has 0 spiro atoms. The topological polar surface area (TPSA) is 84.9 Å². The molecule has 1 aromatic carbocycles. The molecule has 1 aliphatic carbocycles. The van der Waals surface area contributed by atoms with Gasteiger partial charge in [0.15, 0.2) is 0 Å². The summed E-state index contributed by atoms with van der Waals surface area (Å²) in [5.74, 6) is 0.419. The van der Waals surface area contributed by atoms with Crippen molar-refractivity contribution in [2.45, 2.75) is 39.5 Å². The van der Waals surface area contributed by atoms with Crippen LogP contribution in [0.4, 0.5) is 0 Å². The Morgan fingerprint density at radius 1 is 1.28 bits per heavy atom. The highest BCUT2D eigenvalue weighted by molar-refractivity contribution is 5.97. The first-order valence-electron chi connectivity index (χ1n) is 8.78. The third-order valence-corrected chi connectivity index (χ3v) is 5.00. The van der Waals surface area contributed by atoms with Gasteiger partial charge in [0.05, 0.1) is 24.7 Å². The van der Waals surface area contributed by atoms with Gasteiger partial charge in [-0.25, -0.2) is 0 Å². The van der Waals surface area contributed by atoms with Crippen LogP contribution in [0.3, 0.4) is 0 Å². The molecule has 0 aliphatic heterocycles. The Morgan fingerprint density at radius 3 is 2.48 bits per heavy atom. The molecule has 1 aliphatic rings. The second kappa shape index (κ2) is 8.23. The second-order valence-corrected chi connectivity index (χ2v) is 6.59. The molecule has 0 unspecified atom stereocenters. The summed E-state index contributed by atoms with van der Waals surface area (Å²) in [6.07, 6.45) is 3.21. The number of carboxylic acids is 1. The number of amides is 1. The predicted octanol–water partition coefficient (Wildman–Crippen LogP) is 3.10. The third kappa shape index (κ3) is 4.65. The minimum absolute atomic E-state index is 0.0856. The molecule has 0 radical (unpaired) electrons. The molecule has 2 N–H and O–H groups in total.